The second-order valence-electron chi connectivity index (χ2n) is 3.95. The van der Waals surface area contributed by atoms with Gasteiger partial charge < -0.3 is 26.2 Å². The maximum Gasteiger partial charge on any atom is 0.326 e. The average molecular weight is 261 g/mol. The lowest BCUT2D eigenvalue weighted by molar-refractivity contribution is -0.139. The van der Waals surface area contributed by atoms with Gasteiger partial charge in [0.15, 0.2) is 0 Å². The molecular formula is C10H19N3O5. The van der Waals surface area contributed by atoms with Gasteiger partial charge in [0, 0.05) is 19.1 Å². The van der Waals surface area contributed by atoms with Gasteiger partial charge in [0.2, 0.25) is 5.91 Å². The van der Waals surface area contributed by atoms with E-state index in [1.807, 2.05) is 0 Å². The molecule has 0 aromatic heterocycles. The third kappa shape index (κ3) is 7.44. The van der Waals surface area contributed by atoms with Gasteiger partial charge in [-0.15, -0.1) is 0 Å². The molecule has 0 bridgehead atoms. The molecule has 3 amide bonds. The lowest BCUT2D eigenvalue weighted by Crippen LogP contribution is -2.49. The number of carboxylic acids is 1. The van der Waals surface area contributed by atoms with Crippen LogP contribution < -0.4 is 16.0 Å². The number of hydrogen-bond donors (Lipinski definition) is 5. The summed E-state index contributed by atoms with van der Waals surface area (Å²) >= 11 is 0. The van der Waals surface area contributed by atoms with Crippen molar-refractivity contribution in [2.24, 2.45) is 0 Å². The first kappa shape index (κ1) is 16.2. The van der Waals surface area contributed by atoms with E-state index in [0.29, 0.717) is 0 Å². The molecule has 0 rings (SSSR count). The maximum absolute atomic E-state index is 11.3. The van der Waals surface area contributed by atoms with Crippen molar-refractivity contribution in [1.29, 1.82) is 0 Å². The van der Waals surface area contributed by atoms with Crippen LogP contribution in [0.2, 0.25) is 0 Å². The number of carbonyl (C=O) groups is 3. The molecule has 104 valence electrons. The van der Waals surface area contributed by atoms with Gasteiger partial charge in [0.1, 0.15) is 6.04 Å². The summed E-state index contributed by atoms with van der Waals surface area (Å²) in [7, 11) is 0. The SMILES string of the molecule is CC(C)NC(=O)CNC(=O)N[C@H](CCO)C(=O)O. The van der Waals surface area contributed by atoms with E-state index in [1.165, 1.54) is 0 Å². The van der Waals surface area contributed by atoms with Crippen molar-refractivity contribution in [3.8, 4) is 0 Å². The Morgan fingerprint density at radius 1 is 1.17 bits per heavy atom. The number of carboxylic acid groups (broad SMARTS) is 1. The van der Waals surface area contributed by atoms with E-state index in [-0.39, 0.29) is 31.5 Å². The predicted molar refractivity (Wildman–Crippen MR) is 62.9 cm³/mol. The van der Waals surface area contributed by atoms with E-state index in [2.05, 4.69) is 16.0 Å². The van der Waals surface area contributed by atoms with Gasteiger partial charge >= 0.3 is 12.0 Å². The molecule has 0 fully saturated rings. The van der Waals surface area contributed by atoms with Gasteiger partial charge in [-0.25, -0.2) is 9.59 Å². The number of carbonyl (C=O) groups excluding carboxylic acids is 2. The Balaban J connectivity index is 4.02. The van der Waals surface area contributed by atoms with Crippen LogP contribution in [0.1, 0.15) is 20.3 Å². The van der Waals surface area contributed by atoms with Crippen LogP contribution in [0.4, 0.5) is 4.79 Å². The zero-order valence-electron chi connectivity index (χ0n) is 10.4. The van der Waals surface area contributed by atoms with Gasteiger partial charge in [-0.05, 0) is 13.8 Å². The smallest absolute Gasteiger partial charge is 0.326 e. The van der Waals surface area contributed by atoms with Crippen LogP contribution in [-0.4, -0.2) is 53.4 Å². The van der Waals surface area contributed by atoms with Crippen LogP contribution >= 0.6 is 0 Å². The second-order valence-corrected chi connectivity index (χ2v) is 3.95. The molecule has 0 aliphatic rings. The molecule has 0 spiro atoms. The van der Waals surface area contributed by atoms with E-state index in [4.69, 9.17) is 10.2 Å². The van der Waals surface area contributed by atoms with Gasteiger partial charge in [0.05, 0.1) is 6.54 Å². The molecule has 0 aromatic rings. The molecule has 18 heavy (non-hydrogen) atoms. The van der Waals surface area contributed by atoms with Crippen molar-refractivity contribution in [2.45, 2.75) is 32.4 Å². The fourth-order valence-corrected chi connectivity index (χ4v) is 1.13. The quantitative estimate of drug-likeness (QED) is 0.387. The Kier molecular flexibility index (Phi) is 7.45. The molecule has 8 heteroatoms. The Morgan fingerprint density at radius 2 is 1.78 bits per heavy atom. The average Bonchev–Trinajstić information content (AvgIpc) is 2.24. The normalized spacial score (nSPS) is 11.8. The van der Waals surface area contributed by atoms with Crippen LogP contribution in [0.5, 0.6) is 0 Å². The highest BCUT2D eigenvalue weighted by Crippen LogP contribution is 1.90. The van der Waals surface area contributed by atoms with Crippen molar-refractivity contribution in [2.75, 3.05) is 13.2 Å². The number of rotatable bonds is 7. The maximum atomic E-state index is 11.3. The second kappa shape index (κ2) is 8.29. The molecular weight excluding hydrogens is 242 g/mol. The van der Waals surface area contributed by atoms with E-state index < -0.39 is 18.0 Å². The Bertz CT molecular complexity index is 306. The Morgan fingerprint density at radius 3 is 2.22 bits per heavy atom. The van der Waals surface area contributed by atoms with Gasteiger partial charge in [-0.2, -0.15) is 0 Å². The third-order valence-corrected chi connectivity index (χ3v) is 1.88. The lowest BCUT2D eigenvalue weighted by atomic mass is 10.2. The number of aliphatic hydroxyl groups is 1. The molecule has 0 heterocycles. The largest absolute Gasteiger partial charge is 0.480 e. The fraction of sp³-hybridized carbons (Fsp3) is 0.700. The van der Waals surface area contributed by atoms with E-state index in [0.717, 1.165) is 0 Å². The standard InChI is InChI=1S/C10H19N3O5/c1-6(2)12-8(15)5-11-10(18)13-7(3-4-14)9(16)17/h6-7,14H,3-5H2,1-2H3,(H,12,15)(H,16,17)(H2,11,13,18)/t7-/m1/s1. The summed E-state index contributed by atoms with van der Waals surface area (Å²) in [5, 5.41) is 24.3. The third-order valence-electron chi connectivity index (χ3n) is 1.88. The number of hydrogen-bond acceptors (Lipinski definition) is 4. The van der Waals surface area contributed by atoms with E-state index in [1.54, 1.807) is 13.8 Å². The summed E-state index contributed by atoms with van der Waals surface area (Å²) in [4.78, 5) is 33.1. The highest BCUT2D eigenvalue weighted by atomic mass is 16.4. The Hall–Kier alpha value is -1.83. The summed E-state index contributed by atoms with van der Waals surface area (Å²) in [6.45, 7) is 2.96. The van der Waals surface area contributed by atoms with Crippen LogP contribution in [0.25, 0.3) is 0 Å². The molecule has 5 N–H and O–H groups in total. The first-order chi connectivity index (χ1) is 8.36. The highest BCUT2D eigenvalue weighted by Gasteiger charge is 2.19. The van der Waals surface area contributed by atoms with Crippen LogP contribution in [0.15, 0.2) is 0 Å². The molecule has 0 aliphatic heterocycles. The van der Waals surface area contributed by atoms with Crippen molar-refractivity contribution in [3.05, 3.63) is 0 Å². The monoisotopic (exact) mass is 261 g/mol. The highest BCUT2D eigenvalue weighted by molar-refractivity contribution is 5.86. The number of aliphatic hydroxyl groups excluding tert-OH is 1. The minimum atomic E-state index is -1.24. The number of amides is 3. The lowest BCUT2D eigenvalue weighted by Gasteiger charge is -2.14. The minimum Gasteiger partial charge on any atom is -0.480 e. The van der Waals surface area contributed by atoms with E-state index >= 15 is 0 Å². The zero-order chi connectivity index (χ0) is 14.1. The first-order valence-corrected chi connectivity index (χ1v) is 5.54. The molecule has 0 unspecified atom stereocenters. The number of urea groups is 1. The van der Waals surface area contributed by atoms with E-state index in [9.17, 15) is 14.4 Å². The zero-order valence-corrected chi connectivity index (χ0v) is 10.4. The number of nitrogens with one attached hydrogen (secondary N) is 3. The molecule has 0 radical (unpaired) electrons. The topological polar surface area (TPSA) is 128 Å². The first-order valence-electron chi connectivity index (χ1n) is 5.54. The van der Waals surface area contributed by atoms with Crippen molar-refractivity contribution >= 4 is 17.9 Å². The van der Waals surface area contributed by atoms with Crippen LogP contribution in [-0.2, 0) is 9.59 Å². The molecule has 1 atom stereocenters. The van der Waals surface area contributed by atoms with Gasteiger partial charge in [-0.1, -0.05) is 0 Å². The summed E-state index contributed by atoms with van der Waals surface area (Å²) in [6.07, 6.45) is -0.0963. The molecule has 0 saturated heterocycles. The van der Waals surface area contributed by atoms with Crippen molar-refractivity contribution < 1.29 is 24.6 Å². The van der Waals surface area contributed by atoms with Crippen LogP contribution in [0, 0.1) is 0 Å². The molecule has 0 aliphatic carbocycles. The number of aliphatic carboxylic acids is 1. The van der Waals surface area contributed by atoms with Gasteiger partial charge in [-0.3, -0.25) is 4.79 Å². The van der Waals surface area contributed by atoms with Crippen LogP contribution in [0.3, 0.4) is 0 Å². The molecule has 8 nitrogen and oxygen atoms in total. The van der Waals surface area contributed by atoms with Crippen molar-refractivity contribution in [3.63, 3.8) is 0 Å². The minimum absolute atomic E-state index is 0.0384. The summed E-state index contributed by atoms with van der Waals surface area (Å²) in [5.41, 5.74) is 0. The summed E-state index contributed by atoms with van der Waals surface area (Å²) in [5.74, 6) is -1.61. The van der Waals surface area contributed by atoms with Gasteiger partial charge in [0.25, 0.3) is 0 Å². The molecule has 0 aromatic carbocycles. The molecule has 0 saturated carbocycles. The fourth-order valence-electron chi connectivity index (χ4n) is 1.13. The summed E-state index contributed by atoms with van der Waals surface area (Å²) < 4.78 is 0. The predicted octanol–water partition coefficient (Wildman–Crippen LogP) is -1.35. The van der Waals surface area contributed by atoms with Crippen molar-refractivity contribution in [1.82, 2.24) is 16.0 Å². The summed E-state index contributed by atoms with van der Waals surface area (Å²) in [6, 6.07) is -1.98. The Labute approximate surface area is 105 Å².